The number of aryl methyl sites for hydroxylation is 1. The fourth-order valence-corrected chi connectivity index (χ4v) is 1.26. The monoisotopic (exact) mass is 216 g/mol. The van der Waals surface area contributed by atoms with Gasteiger partial charge in [-0.25, -0.2) is 0 Å². The van der Waals surface area contributed by atoms with E-state index in [-0.39, 0.29) is 0 Å². The molecule has 0 unspecified atom stereocenters. The Kier molecular flexibility index (Phi) is 3.00. The van der Waals surface area contributed by atoms with Crippen molar-refractivity contribution in [3.8, 4) is 5.75 Å². The van der Waals surface area contributed by atoms with E-state index < -0.39 is 0 Å². The van der Waals surface area contributed by atoms with E-state index >= 15 is 0 Å². The third-order valence-electron chi connectivity index (χ3n) is 2.08. The summed E-state index contributed by atoms with van der Waals surface area (Å²) in [5.41, 5.74) is 1.05. The molecule has 16 heavy (non-hydrogen) atoms. The topological polar surface area (TPSA) is 48.2 Å². The van der Waals surface area contributed by atoms with Crippen molar-refractivity contribution >= 4 is 12.2 Å². The first-order chi connectivity index (χ1) is 7.78. The molecule has 0 atom stereocenters. The van der Waals surface area contributed by atoms with Crippen LogP contribution in [0.25, 0.3) is 12.2 Å². The number of benzene rings is 1. The molecule has 0 saturated heterocycles. The molecule has 1 aromatic carbocycles. The van der Waals surface area contributed by atoms with Crippen molar-refractivity contribution in [1.29, 1.82) is 0 Å². The summed E-state index contributed by atoms with van der Waals surface area (Å²) in [4.78, 5) is 0. The van der Waals surface area contributed by atoms with Crippen molar-refractivity contribution in [2.75, 3.05) is 7.11 Å². The first-order valence-corrected chi connectivity index (χ1v) is 4.90. The summed E-state index contributed by atoms with van der Waals surface area (Å²) in [6.07, 6.45) is 3.69. The van der Waals surface area contributed by atoms with Crippen LogP contribution in [0.1, 0.15) is 17.3 Å². The van der Waals surface area contributed by atoms with Gasteiger partial charge in [-0.3, -0.25) is 0 Å². The van der Waals surface area contributed by atoms with E-state index in [1.54, 1.807) is 20.1 Å². The molecule has 0 aliphatic heterocycles. The Hall–Kier alpha value is -2.10. The maximum Gasteiger partial charge on any atom is 0.240 e. The first-order valence-electron chi connectivity index (χ1n) is 4.90. The van der Waals surface area contributed by atoms with Gasteiger partial charge >= 0.3 is 0 Å². The van der Waals surface area contributed by atoms with Crippen LogP contribution in [0.2, 0.25) is 0 Å². The zero-order valence-electron chi connectivity index (χ0n) is 9.18. The van der Waals surface area contributed by atoms with Crippen LogP contribution in [-0.4, -0.2) is 17.3 Å². The summed E-state index contributed by atoms with van der Waals surface area (Å²) >= 11 is 0. The van der Waals surface area contributed by atoms with Gasteiger partial charge in [-0.1, -0.05) is 12.1 Å². The van der Waals surface area contributed by atoms with Crippen LogP contribution in [0, 0.1) is 6.92 Å². The maximum atomic E-state index is 5.22. The van der Waals surface area contributed by atoms with Crippen LogP contribution in [0.5, 0.6) is 5.75 Å². The normalized spacial score (nSPS) is 10.9. The summed E-state index contributed by atoms with van der Waals surface area (Å²) in [5, 5.41) is 7.60. The van der Waals surface area contributed by atoms with Crippen molar-refractivity contribution < 1.29 is 9.15 Å². The molecule has 1 heterocycles. The van der Waals surface area contributed by atoms with Gasteiger partial charge in [0.25, 0.3) is 0 Å². The maximum absolute atomic E-state index is 5.22. The van der Waals surface area contributed by atoms with Gasteiger partial charge in [-0.2, -0.15) is 0 Å². The molecule has 2 aromatic rings. The van der Waals surface area contributed by atoms with Gasteiger partial charge in [0, 0.05) is 13.0 Å². The molecule has 0 amide bonds. The summed E-state index contributed by atoms with van der Waals surface area (Å²) in [6.45, 7) is 1.76. The molecular weight excluding hydrogens is 204 g/mol. The van der Waals surface area contributed by atoms with Crippen LogP contribution in [0.3, 0.4) is 0 Å². The van der Waals surface area contributed by atoms with E-state index in [9.17, 15) is 0 Å². The fourth-order valence-electron chi connectivity index (χ4n) is 1.26. The Balaban J connectivity index is 2.11. The van der Waals surface area contributed by atoms with E-state index in [0.29, 0.717) is 11.8 Å². The van der Waals surface area contributed by atoms with E-state index in [4.69, 9.17) is 9.15 Å². The molecule has 0 N–H and O–H groups in total. The largest absolute Gasteiger partial charge is 0.497 e. The second-order valence-electron chi connectivity index (χ2n) is 3.27. The van der Waals surface area contributed by atoms with E-state index in [0.717, 1.165) is 11.3 Å². The lowest BCUT2D eigenvalue weighted by Crippen LogP contribution is -1.81. The highest BCUT2D eigenvalue weighted by atomic mass is 16.5. The molecule has 0 radical (unpaired) electrons. The Bertz CT molecular complexity index is 486. The molecular formula is C12H12N2O2. The quantitative estimate of drug-likeness (QED) is 0.791. The smallest absolute Gasteiger partial charge is 0.240 e. The molecule has 4 nitrogen and oxygen atoms in total. The van der Waals surface area contributed by atoms with Gasteiger partial charge < -0.3 is 9.15 Å². The summed E-state index contributed by atoms with van der Waals surface area (Å²) < 4.78 is 10.3. The highest BCUT2D eigenvalue weighted by Crippen LogP contribution is 2.13. The molecule has 0 fully saturated rings. The lowest BCUT2D eigenvalue weighted by Gasteiger charge is -1.98. The third kappa shape index (κ3) is 2.48. The van der Waals surface area contributed by atoms with Crippen molar-refractivity contribution in [3.63, 3.8) is 0 Å². The van der Waals surface area contributed by atoms with Crippen LogP contribution in [0.15, 0.2) is 28.7 Å². The van der Waals surface area contributed by atoms with E-state index in [1.165, 1.54) is 0 Å². The Labute approximate surface area is 93.6 Å². The highest BCUT2D eigenvalue weighted by Gasteiger charge is 1.96. The second kappa shape index (κ2) is 4.61. The van der Waals surface area contributed by atoms with Gasteiger partial charge in [0.05, 0.1) is 7.11 Å². The van der Waals surface area contributed by atoms with Crippen LogP contribution in [0.4, 0.5) is 0 Å². The van der Waals surface area contributed by atoms with Gasteiger partial charge in [-0.15, -0.1) is 10.2 Å². The SMILES string of the molecule is COc1ccc(C=Cc2nnc(C)o2)cc1. The number of aromatic nitrogens is 2. The predicted molar refractivity (Wildman–Crippen MR) is 61.0 cm³/mol. The van der Waals surface area contributed by atoms with Crippen LogP contribution < -0.4 is 4.74 Å². The minimum Gasteiger partial charge on any atom is -0.497 e. The first kappa shape index (κ1) is 10.4. The fraction of sp³-hybridized carbons (Fsp3) is 0.167. The molecule has 0 bridgehead atoms. The Morgan fingerprint density at radius 1 is 1.12 bits per heavy atom. The zero-order chi connectivity index (χ0) is 11.4. The third-order valence-corrected chi connectivity index (χ3v) is 2.08. The lowest BCUT2D eigenvalue weighted by molar-refractivity contribution is 0.415. The van der Waals surface area contributed by atoms with Crippen molar-refractivity contribution in [1.82, 2.24) is 10.2 Å². The van der Waals surface area contributed by atoms with Gasteiger partial charge in [0.15, 0.2) is 0 Å². The predicted octanol–water partition coefficient (Wildman–Crippen LogP) is 2.56. The van der Waals surface area contributed by atoms with Crippen LogP contribution in [-0.2, 0) is 0 Å². The van der Waals surface area contributed by atoms with Gasteiger partial charge in [0.1, 0.15) is 5.75 Å². The van der Waals surface area contributed by atoms with Crippen molar-refractivity contribution in [3.05, 3.63) is 41.6 Å². The summed E-state index contributed by atoms with van der Waals surface area (Å²) in [7, 11) is 1.64. The van der Waals surface area contributed by atoms with Crippen molar-refractivity contribution in [2.45, 2.75) is 6.92 Å². The molecule has 4 heteroatoms. The van der Waals surface area contributed by atoms with Gasteiger partial charge in [-0.05, 0) is 23.8 Å². The number of ether oxygens (including phenoxy) is 1. The molecule has 1 aromatic heterocycles. The minimum absolute atomic E-state index is 0.508. The molecule has 0 aliphatic rings. The number of nitrogens with zero attached hydrogens (tertiary/aromatic N) is 2. The number of hydrogen-bond acceptors (Lipinski definition) is 4. The average Bonchev–Trinajstić information content (AvgIpc) is 2.73. The van der Waals surface area contributed by atoms with Gasteiger partial charge in [0.2, 0.25) is 11.8 Å². The van der Waals surface area contributed by atoms with Crippen molar-refractivity contribution in [2.24, 2.45) is 0 Å². The second-order valence-corrected chi connectivity index (χ2v) is 3.27. The minimum atomic E-state index is 0.508. The highest BCUT2D eigenvalue weighted by molar-refractivity contribution is 5.66. The number of hydrogen-bond donors (Lipinski definition) is 0. The molecule has 2 rings (SSSR count). The van der Waals surface area contributed by atoms with Crippen LogP contribution >= 0.6 is 0 Å². The molecule has 0 spiro atoms. The summed E-state index contributed by atoms with van der Waals surface area (Å²) in [5.74, 6) is 1.91. The molecule has 82 valence electrons. The number of rotatable bonds is 3. The zero-order valence-corrected chi connectivity index (χ0v) is 9.18. The Morgan fingerprint density at radius 2 is 1.88 bits per heavy atom. The lowest BCUT2D eigenvalue weighted by atomic mass is 10.2. The number of methoxy groups -OCH3 is 1. The summed E-state index contributed by atoms with van der Waals surface area (Å²) in [6, 6.07) is 7.72. The molecule has 0 aliphatic carbocycles. The van der Waals surface area contributed by atoms with E-state index in [1.807, 2.05) is 30.3 Å². The molecule has 0 saturated carbocycles. The standard InChI is InChI=1S/C12H12N2O2/c1-9-13-14-12(16-9)8-5-10-3-6-11(15-2)7-4-10/h3-8H,1-2H3. The van der Waals surface area contributed by atoms with E-state index in [2.05, 4.69) is 10.2 Å². The average molecular weight is 216 g/mol. The Morgan fingerprint density at radius 3 is 2.44 bits per heavy atom.